The number of aliphatic hydroxyl groups is 4. The summed E-state index contributed by atoms with van der Waals surface area (Å²) in [5, 5.41) is 41.9. The van der Waals surface area contributed by atoms with Crippen LogP contribution >= 0.6 is 11.6 Å². The molecular weight excluding hydrogens is 1740 g/mol. The second kappa shape index (κ2) is 39.9. The Morgan fingerprint density at radius 2 is 0.815 bits per heavy atom. The van der Waals surface area contributed by atoms with E-state index in [4.69, 9.17) is 50.5 Å². The van der Waals surface area contributed by atoms with E-state index in [1.54, 1.807) is 47.0 Å². The number of benzene rings is 5. The van der Waals surface area contributed by atoms with Gasteiger partial charge in [-0.05, 0) is 211 Å². The highest BCUT2D eigenvalue weighted by Crippen LogP contribution is 2.54. The predicted octanol–water partition coefficient (Wildman–Crippen LogP) is 16.2. The third kappa shape index (κ3) is 20.2. The number of piperidine rings is 4. The van der Waals surface area contributed by atoms with Gasteiger partial charge in [0.25, 0.3) is 0 Å². The predicted molar refractivity (Wildman–Crippen MR) is 520 cm³/mol. The Morgan fingerprint density at radius 3 is 1.32 bits per heavy atom. The van der Waals surface area contributed by atoms with E-state index in [1.165, 1.54) is 11.6 Å². The lowest BCUT2D eigenvalue weighted by Crippen LogP contribution is -2.34. The summed E-state index contributed by atoms with van der Waals surface area (Å²) in [6, 6.07) is 35.4. The van der Waals surface area contributed by atoms with Crippen LogP contribution in [-0.2, 0) is 22.4 Å². The summed E-state index contributed by atoms with van der Waals surface area (Å²) in [6.07, 6.45) is 19.6. The van der Waals surface area contributed by atoms with Gasteiger partial charge in [-0.25, -0.2) is 67.4 Å². The van der Waals surface area contributed by atoms with Gasteiger partial charge in [-0.3, -0.25) is 9.97 Å². The van der Waals surface area contributed by atoms with Gasteiger partial charge in [0.1, 0.15) is 51.8 Å². The summed E-state index contributed by atoms with van der Waals surface area (Å²) in [7, 11) is 12.4. The van der Waals surface area contributed by atoms with E-state index < -0.39 is 17.0 Å². The number of nitrogens with zero attached hydrogens (tertiary/aromatic N) is 20. The molecule has 712 valence electrons. The van der Waals surface area contributed by atoms with Crippen LogP contribution < -0.4 is 58.1 Å². The minimum atomic E-state index is -1.44. The Labute approximate surface area is 789 Å². The van der Waals surface area contributed by atoms with Crippen molar-refractivity contribution in [1.29, 1.82) is 0 Å². The lowest BCUT2D eigenvalue weighted by Gasteiger charge is -2.34. The number of β-amino-alcohol motifs (C(OH)–C–C–N with tert-alkyl or cyclic N) is 1. The number of aromatic nitrogens is 12. The molecule has 12 heterocycles. The van der Waals surface area contributed by atoms with Gasteiger partial charge in [-0.1, -0.05) is 42.8 Å². The molecule has 4 aliphatic carbocycles. The Bertz CT molecular complexity index is 6050. The number of methoxy groups -OCH3 is 4. The summed E-state index contributed by atoms with van der Waals surface area (Å²) in [5.41, 5.74) is 6.05. The van der Waals surface area contributed by atoms with E-state index in [0.717, 1.165) is 231 Å². The van der Waals surface area contributed by atoms with Crippen LogP contribution in [0.25, 0.3) is 43.6 Å². The second-order valence-corrected chi connectivity index (χ2v) is 38.2. The van der Waals surface area contributed by atoms with Gasteiger partial charge in [0, 0.05) is 198 Å². The number of halogens is 5. The number of fused-ring (bicyclic) bond motifs is 4. The molecule has 4 saturated carbocycles. The molecule has 7 aromatic heterocycles. The first-order chi connectivity index (χ1) is 65.4. The zero-order valence-corrected chi connectivity index (χ0v) is 78.9. The number of hydrogen-bond donors (Lipinski definition) is 4. The maximum atomic E-state index is 15.3. The molecule has 5 aliphatic heterocycles. The largest absolute Gasteiger partial charge is 0.496 e. The first-order valence-corrected chi connectivity index (χ1v) is 47.9. The van der Waals surface area contributed by atoms with Crippen LogP contribution in [0, 0.1) is 5.82 Å². The summed E-state index contributed by atoms with van der Waals surface area (Å²) in [4.78, 5) is 72.6. The lowest BCUT2D eigenvalue weighted by molar-refractivity contribution is 0.198. The normalized spacial score (nSPS) is 18.9. The quantitative estimate of drug-likeness (QED) is 0.0366. The van der Waals surface area contributed by atoms with Crippen molar-refractivity contribution in [1.82, 2.24) is 59.8 Å². The number of ether oxygens (including phenoxy) is 4. The minimum Gasteiger partial charge on any atom is -0.496 e. The number of aliphatic hydroxyl groups excluding tert-OH is 4. The molecule has 5 saturated heterocycles. The monoisotopic (exact) mass is 1860 g/mol. The van der Waals surface area contributed by atoms with Crippen molar-refractivity contribution in [3.63, 3.8) is 0 Å². The standard InChI is InChI=1S/C27H30ClFN4O2.C25H31FN6O2.2C25H30FN5O2/c1-35-23-5-3-2-4-20(23)17-6-11-32(12-7-17)25-21-14-18(33-13-8-19(34)16-33)15-22(28)24(21)30-26(31-25)27(29)9-10-27;1-25(6-7-25)24-29-21-18(14-17(15-19(21)26)31(2)12-13-33)22(30-24)32-10-4-16(5-11-32)20-23(34-3)28-9-8-27-20;1-30(14-15-32)18-5-6-20-19(16-18)23(29-24(28-20)25(26)9-10-25)31-12-7-17(8-13-31)22-21(33-2)4-3-11-27-22;1-30(14-15-32)18-5-6-21-20(16-18)22(29-24(28-21)25(26)9-10-25)31-12-7-17(8-13-31)19-4-3-11-27-23(19)33-2/h2-5,14-15,17,19,34H,6-13,16H2,1H3;8-9,14-16,33H,4-7,10-13H2,1-3H3;2*3-6,11,16-17,32H,7-10,12-15H2,1-2H3/t19-;;;/m0.../s1. The van der Waals surface area contributed by atoms with Crippen LogP contribution in [-0.4, -0.2) is 241 Å². The molecule has 4 N–H and O–H groups in total. The number of anilines is 8. The molecule has 21 rings (SSSR count). The third-order valence-corrected chi connectivity index (χ3v) is 28.9. The average Bonchev–Trinajstić information content (AvgIpc) is 1.62. The highest BCUT2D eigenvalue weighted by molar-refractivity contribution is 6.35. The number of alkyl halides is 3. The van der Waals surface area contributed by atoms with E-state index in [9.17, 15) is 29.2 Å². The van der Waals surface area contributed by atoms with E-state index in [2.05, 4.69) is 108 Å². The first kappa shape index (κ1) is 93.7. The van der Waals surface area contributed by atoms with Gasteiger partial charge in [0.15, 0.2) is 40.3 Å². The fraction of sp³-hybridized carbons (Fsp3) is 0.490. The number of hydrogen-bond acceptors (Lipinski definition) is 28. The second-order valence-electron chi connectivity index (χ2n) is 37.7. The third-order valence-electron chi connectivity index (χ3n) is 28.6. The zero-order chi connectivity index (χ0) is 94.0. The van der Waals surface area contributed by atoms with Crippen molar-refractivity contribution in [2.45, 2.75) is 168 Å². The fourth-order valence-electron chi connectivity index (χ4n) is 19.5. The first-order valence-electron chi connectivity index (χ1n) is 47.5. The van der Waals surface area contributed by atoms with Crippen LogP contribution in [0.5, 0.6) is 23.3 Å². The zero-order valence-electron chi connectivity index (χ0n) is 78.2. The molecule has 0 radical (unpaired) electrons. The molecule has 33 heteroatoms. The molecule has 9 fully saturated rings. The summed E-state index contributed by atoms with van der Waals surface area (Å²) >= 11 is 6.73. The van der Waals surface area contributed by atoms with Gasteiger partial charge in [0.2, 0.25) is 11.8 Å². The van der Waals surface area contributed by atoms with Crippen molar-refractivity contribution >= 4 is 101 Å². The molecule has 9 aliphatic rings. The van der Waals surface area contributed by atoms with Gasteiger partial charge in [0.05, 0.1) is 81.6 Å². The van der Waals surface area contributed by atoms with Crippen molar-refractivity contribution in [2.24, 2.45) is 0 Å². The van der Waals surface area contributed by atoms with Gasteiger partial charge in [-0.2, -0.15) is 0 Å². The van der Waals surface area contributed by atoms with Crippen molar-refractivity contribution in [2.75, 3.05) is 194 Å². The van der Waals surface area contributed by atoms with E-state index in [-0.39, 0.29) is 48.9 Å². The Hall–Kier alpha value is -11.7. The van der Waals surface area contributed by atoms with Crippen LogP contribution in [0.4, 0.5) is 63.6 Å². The highest BCUT2D eigenvalue weighted by atomic mass is 35.5. The summed E-state index contributed by atoms with van der Waals surface area (Å²) in [6.45, 7) is 11.5. The number of rotatable bonds is 26. The summed E-state index contributed by atoms with van der Waals surface area (Å²) < 4.78 is 82.4. The number of para-hydroxylation sites is 1. The Balaban J connectivity index is 0.000000120. The number of likely N-dealkylation sites (N-methyl/N-ethyl adjacent to an activating group) is 3. The number of pyridine rings is 2. The average molecular weight is 1870 g/mol. The van der Waals surface area contributed by atoms with E-state index >= 15 is 8.78 Å². The van der Waals surface area contributed by atoms with Gasteiger partial charge >= 0.3 is 0 Å². The maximum Gasteiger partial charge on any atom is 0.235 e. The Kier molecular flexibility index (Phi) is 27.7. The van der Waals surface area contributed by atoms with E-state index in [1.807, 2.05) is 109 Å². The Morgan fingerprint density at radius 1 is 0.400 bits per heavy atom. The minimum absolute atomic E-state index is 0.00381. The van der Waals surface area contributed by atoms with Crippen molar-refractivity contribution in [3.05, 3.63) is 191 Å². The molecule has 28 nitrogen and oxygen atoms in total. The van der Waals surface area contributed by atoms with E-state index in [0.29, 0.717) is 133 Å². The van der Waals surface area contributed by atoms with Gasteiger partial charge in [-0.15, -0.1) is 0 Å². The molecule has 0 amide bonds. The SMILES string of the molecule is COc1ccccc1C1CCN(c2nc(C3(F)CC3)nc3c(Cl)cc(N4CC[C@H](O)C4)cc23)CC1.COc1cccnc1C1CCN(c2nc(C3(F)CC3)nc3ccc(N(C)CCO)cc23)CC1.COc1ncccc1C1CCN(c2nc(C3(F)CC3)nc3ccc(N(C)CCO)cc23)CC1.COc1nccnc1C1CCN(c2nc(C3(C)CC3)nc3c(F)cc(N(C)CCO)cc23)CC1. The van der Waals surface area contributed by atoms with Crippen molar-refractivity contribution in [3.8, 4) is 23.3 Å². The highest BCUT2D eigenvalue weighted by Gasteiger charge is 2.51. The van der Waals surface area contributed by atoms with Crippen LogP contribution in [0.3, 0.4) is 0 Å². The molecule has 5 aromatic carbocycles. The molecule has 0 unspecified atom stereocenters. The lowest BCUT2D eigenvalue weighted by atomic mass is 9.88. The smallest absolute Gasteiger partial charge is 0.235 e. The topological polar surface area (TPSA) is 298 Å². The molecule has 0 spiro atoms. The molecule has 12 aromatic rings. The molecule has 1 atom stereocenters. The maximum absolute atomic E-state index is 15.3. The fourth-order valence-corrected chi connectivity index (χ4v) is 19.8. The van der Waals surface area contributed by atoms with Crippen LogP contribution in [0.1, 0.15) is 186 Å². The van der Waals surface area contributed by atoms with Gasteiger partial charge < -0.3 is 78.6 Å². The van der Waals surface area contributed by atoms with Crippen molar-refractivity contribution < 1.29 is 56.9 Å². The van der Waals surface area contributed by atoms with Crippen LogP contribution in [0.2, 0.25) is 5.02 Å². The molecule has 0 bridgehead atoms. The summed E-state index contributed by atoms with van der Waals surface area (Å²) in [5.74, 6) is 8.71. The molecule has 135 heavy (non-hydrogen) atoms. The van der Waals surface area contributed by atoms with Crippen LogP contribution in [0.15, 0.2) is 134 Å². The molecular formula is C102H121ClF4N20O8.